The summed E-state index contributed by atoms with van der Waals surface area (Å²) in [6, 6.07) is 6.49. The minimum absolute atomic E-state index is 0.508. The summed E-state index contributed by atoms with van der Waals surface area (Å²) in [5.41, 5.74) is 1.30. The molecule has 1 aliphatic heterocycles. The van der Waals surface area contributed by atoms with Crippen LogP contribution in [0.5, 0.6) is 5.75 Å². The van der Waals surface area contributed by atoms with Crippen LogP contribution in [0.2, 0.25) is 0 Å². The van der Waals surface area contributed by atoms with Gasteiger partial charge in [-0.2, -0.15) is 0 Å². The van der Waals surface area contributed by atoms with Gasteiger partial charge in [-0.1, -0.05) is 0 Å². The lowest BCUT2D eigenvalue weighted by Crippen LogP contribution is -2.46. The first-order chi connectivity index (χ1) is 11.9. The van der Waals surface area contributed by atoms with E-state index in [9.17, 15) is 0 Å². The highest BCUT2D eigenvalue weighted by Gasteiger charge is 2.38. The molecule has 2 aromatic heterocycles. The van der Waals surface area contributed by atoms with E-state index in [-0.39, 0.29) is 0 Å². The lowest BCUT2D eigenvalue weighted by Gasteiger charge is -2.27. The Labute approximate surface area is 142 Å². The van der Waals surface area contributed by atoms with E-state index >= 15 is 0 Å². The Morgan fingerprint density at radius 3 is 3.08 bits per heavy atom. The molecule has 1 saturated carbocycles. The second-order valence-corrected chi connectivity index (χ2v) is 6.73. The number of hydrogen-bond donors (Lipinski definition) is 1. The molecule has 24 heavy (non-hydrogen) atoms. The van der Waals surface area contributed by atoms with Gasteiger partial charge in [0.2, 0.25) is 0 Å². The highest BCUT2D eigenvalue weighted by molar-refractivity contribution is 5.30. The molecule has 0 amide bonds. The number of nitrogens with zero attached hydrogens (tertiary/aromatic N) is 1. The molecule has 0 radical (unpaired) electrons. The van der Waals surface area contributed by atoms with E-state index in [0.29, 0.717) is 24.5 Å². The van der Waals surface area contributed by atoms with Gasteiger partial charge in [0, 0.05) is 18.8 Å². The standard InChI is InChI=1S/C19H24N2O3/c1-2-17(23-6-1)13-22-7-4-14-9-19(14)15-8-18(11-20-10-15)24-12-16-3-5-21-16/h1-2,6,8,10-11,14,16,19,21H,3-5,7,9,12-13H2/t14-,16-,19-/m0/s1. The molecular weight excluding hydrogens is 304 g/mol. The van der Waals surface area contributed by atoms with Crippen molar-refractivity contribution >= 4 is 0 Å². The van der Waals surface area contributed by atoms with Crippen molar-refractivity contribution in [2.45, 2.75) is 37.8 Å². The molecule has 1 saturated heterocycles. The molecule has 4 rings (SSSR count). The summed E-state index contributed by atoms with van der Waals surface area (Å²) in [6.45, 7) is 3.18. The van der Waals surface area contributed by atoms with E-state index < -0.39 is 0 Å². The number of furan rings is 1. The summed E-state index contributed by atoms with van der Waals surface area (Å²) in [5.74, 6) is 3.08. The van der Waals surface area contributed by atoms with Crippen LogP contribution in [0.4, 0.5) is 0 Å². The van der Waals surface area contributed by atoms with E-state index in [1.54, 1.807) is 6.26 Å². The Bertz CT molecular complexity index is 640. The summed E-state index contributed by atoms with van der Waals surface area (Å²) >= 11 is 0. The predicted octanol–water partition coefficient (Wildman–Crippen LogP) is 3.13. The maximum Gasteiger partial charge on any atom is 0.137 e. The van der Waals surface area contributed by atoms with Crippen LogP contribution >= 0.6 is 0 Å². The van der Waals surface area contributed by atoms with Gasteiger partial charge in [0.25, 0.3) is 0 Å². The van der Waals surface area contributed by atoms with Crippen molar-refractivity contribution in [3.63, 3.8) is 0 Å². The first-order valence-corrected chi connectivity index (χ1v) is 8.80. The molecule has 128 valence electrons. The first kappa shape index (κ1) is 15.7. The fraction of sp³-hybridized carbons (Fsp3) is 0.526. The van der Waals surface area contributed by atoms with Crippen LogP contribution in [0.15, 0.2) is 41.3 Å². The Hall–Kier alpha value is -1.85. The smallest absolute Gasteiger partial charge is 0.137 e. The second kappa shape index (κ2) is 7.36. The van der Waals surface area contributed by atoms with E-state index in [1.807, 2.05) is 24.5 Å². The van der Waals surface area contributed by atoms with Gasteiger partial charge in [-0.05, 0) is 61.4 Å². The van der Waals surface area contributed by atoms with Gasteiger partial charge in [-0.15, -0.1) is 0 Å². The van der Waals surface area contributed by atoms with Crippen LogP contribution < -0.4 is 10.1 Å². The molecule has 0 bridgehead atoms. The van der Waals surface area contributed by atoms with Crippen LogP contribution in [0.25, 0.3) is 0 Å². The van der Waals surface area contributed by atoms with Crippen molar-refractivity contribution in [3.05, 3.63) is 48.2 Å². The summed E-state index contributed by atoms with van der Waals surface area (Å²) < 4.78 is 16.8. The lowest BCUT2D eigenvalue weighted by molar-refractivity contribution is 0.101. The average molecular weight is 328 g/mol. The molecule has 3 atom stereocenters. The zero-order chi connectivity index (χ0) is 16.2. The highest BCUT2D eigenvalue weighted by Crippen LogP contribution is 2.49. The number of ether oxygens (including phenoxy) is 2. The fourth-order valence-electron chi connectivity index (χ4n) is 3.18. The molecule has 1 aliphatic carbocycles. The molecule has 0 unspecified atom stereocenters. The van der Waals surface area contributed by atoms with Crippen molar-refractivity contribution in [2.24, 2.45) is 5.92 Å². The Balaban J connectivity index is 1.19. The summed E-state index contributed by atoms with van der Waals surface area (Å²) in [5, 5.41) is 3.35. The minimum atomic E-state index is 0.508. The maximum atomic E-state index is 5.84. The van der Waals surface area contributed by atoms with E-state index in [0.717, 1.165) is 37.7 Å². The highest BCUT2D eigenvalue weighted by atomic mass is 16.5. The van der Waals surface area contributed by atoms with Crippen LogP contribution in [0.1, 0.15) is 36.5 Å². The number of nitrogens with one attached hydrogen (secondary N) is 1. The van der Waals surface area contributed by atoms with E-state index in [1.165, 1.54) is 18.4 Å². The van der Waals surface area contributed by atoms with E-state index in [2.05, 4.69) is 16.4 Å². The van der Waals surface area contributed by atoms with E-state index in [4.69, 9.17) is 13.9 Å². The zero-order valence-electron chi connectivity index (χ0n) is 13.8. The fourth-order valence-corrected chi connectivity index (χ4v) is 3.18. The van der Waals surface area contributed by atoms with Crippen LogP contribution in [-0.4, -0.2) is 30.8 Å². The maximum absolute atomic E-state index is 5.84. The van der Waals surface area contributed by atoms with Gasteiger partial charge < -0.3 is 19.2 Å². The van der Waals surface area contributed by atoms with Gasteiger partial charge in [0.05, 0.1) is 12.5 Å². The molecule has 0 spiro atoms. The predicted molar refractivity (Wildman–Crippen MR) is 90.0 cm³/mol. The average Bonchev–Trinajstić information content (AvgIpc) is 3.14. The third-order valence-electron chi connectivity index (χ3n) is 4.92. The third kappa shape index (κ3) is 3.97. The summed E-state index contributed by atoms with van der Waals surface area (Å²) in [4.78, 5) is 4.34. The monoisotopic (exact) mass is 328 g/mol. The van der Waals surface area contributed by atoms with Gasteiger partial charge in [0.1, 0.15) is 24.7 Å². The summed E-state index contributed by atoms with van der Waals surface area (Å²) in [6.07, 6.45) is 8.98. The largest absolute Gasteiger partial charge is 0.490 e. The molecule has 2 aromatic rings. The molecule has 2 fully saturated rings. The van der Waals surface area contributed by atoms with Crippen LogP contribution in [0.3, 0.4) is 0 Å². The van der Waals surface area contributed by atoms with Crippen molar-refractivity contribution in [2.75, 3.05) is 19.8 Å². The first-order valence-electron chi connectivity index (χ1n) is 8.80. The quantitative estimate of drug-likeness (QED) is 0.717. The number of aromatic nitrogens is 1. The minimum Gasteiger partial charge on any atom is -0.490 e. The topological polar surface area (TPSA) is 56.5 Å². The lowest BCUT2D eigenvalue weighted by atomic mass is 10.1. The second-order valence-electron chi connectivity index (χ2n) is 6.73. The van der Waals surface area contributed by atoms with Gasteiger partial charge in [0.15, 0.2) is 0 Å². The molecular formula is C19H24N2O3. The molecule has 3 heterocycles. The molecule has 5 nitrogen and oxygen atoms in total. The van der Waals surface area contributed by atoms with Crippen molar-refractivity contribution in [1.29, 1.82) is 0 Å². The molecule has 1 N–H and O–H groups in total. The number of pyridine rings is 1. The number of hydrogen-bond acceptors (Lipinski definition) is 5. The van der Waals surface area contributed by atoms with Gasteiger partial charge in [-0.3, -0.25) is 4.98 Å². The van der Waals surface area contributed by atoms with Crippen LogP contribution in [0, 0.1) is 5.92 Å². The Morgan fingerprint density at radius 2 is 2.29 bits per heavy atom. The SMILES string of the molecule is c1coc(COCC[C@H]2C[C@@H]2c2cncc(OC[C@@H]3CCN3)c2)c1. The van der Waals surface area contributed by atoms with Crippen molar-refractivity contribution in [1.82, 2.24) is 10.3 Å². The summed E-state index contributed by atoms with van der Waals surface area (Å²) in [7, 11) is 0. The van der Waals surface area contributed by atoms with Crippen LogP contribution in [-0.2, 0) is 11.3 Å². The third-order valence-corrected chi connectivity index (χ3v) is 4.92. The van der Waals surface area contributed by atoms with Crippen molar-refractivity contribution in [3.8, 4) is 5.75 Å². The normalized spacial score (nSPS) is 25.2. The van der Waals surface area contributed by atoms with Gasteiger partial charge in [-0.25, -0.2) is 0 Å². The molecule has 0 aromatic carbocycles. The molecule has 2 aliphatic rings. The van der Waals surface area contributed by atoms with Crippen molar-refractivity contribution < 1.29 is 13.9 Å². The Morgan fingerprint density at radius 1 is 1.33 bits per heavy atom. The molecule has 5 heteroatoms. The zero-order valence-corrected chi connectivity index (χ0v) is 13.8. The Kier molecular flexibility index (Phi) is 4.81. The van der Waals surface area contributed by atoms with Gasteiger partial charge >= 0.3 is 0 Å². The number of rotatable bonds is 9.